The van der Waals surface area contributed by atoms with Crippen LogP contribution in [0.2, 0.25) is 0 Å². The maximum absolute atomic E-state index is 11.4. The summed E-state index contributed by atoms with van der Waals surface area (Å²) in [6.45, 7) is 14.3. The van der Waals surface area contributed by atoms with Gasteiger partial charge in [-0.1, -0.05) is 124 Å². The molecule has 0 bridgehead atoms. The third-order valence-corrected chi connectivity index (χ3v) is 15.6. The molecule has 15 heteroatoms. The van der Waals surface area contributed by atoms with E-state index >= 15 is 0 Å². The van der Waals surface area contributed by atoms with E-state index in [0.29, 0.717) is 17.8 Å². The molecule has 2 aromatic carbocycles. The van der Waals surface area contributed by atoms with Crippen LogP contribution in [0.4, 0.5) is 26.3 Å². The molecule has 2 aliphatic rings. The zero-order valence-electron chi connectivity index (χ0n) is 29.3. The molecule has 2 aliphatic carbocycles. The Kier molecular flexibility index (Phi) is 16.6. The van der Waals surface area contributed by atoms with Gasteiger partial charge in [-0.15, -0.1) is 0 Å². The molecular weight excluding hydrogens is 904 g/mol. The van der Waals surface area contributed by atoms with Crippen LogP contribution in [0.25, 0.3) is 15.3 Å². The van der Waals surface area contributed by atoms with Crippen molar-refractivity contribution in [3.8, 4) is 11.1 Å². The predicted octanol–water partition coefficient (Wildman–Crippen LogP) is 11.6. The summed E-state index contributed by atoms with van der Waals surface area (Å²) in [7, 11) is -13.6. The van der Waals surface area contributed by atoms with Crippen molar-refractivity contribution < 1.29 is 65.6 Å². The van der Waals surface area contributed by atoms with Crippen molar-refractivity contribution in [3.63, 3.8) is 0 Å². The summed E-state index contributed by atoms with van der Waals surface area (Å²) >= 11 is 0. The van der Waals surface area contributed by atoms with E-state index in [1.807, 2.05) is 0 Å². The van der Waals surface area contributed by atoms with E-state index in [2.05, 4.69) is 77.9 Å². The fourth-order valence-corrected chi connectivity index (χ4v) is 12.5. The van der Waals surface area contributed by atoms with Crippen LogP contribution < -0.4 is 5.30 Å². The number of alkyl halides is 6. The second kappa shape index (κ2) is 18.4. The Balaban J connectivity index is 0.000000461. The van der Waals surface area contributed by atoms with Crippen LogP contribution in [-0.4, -0.2) is 39.2 Å². The molecule has 4 rings (SSSR count). The molecule has 0 N–H and O–H groups in total. The SMILES string of the molecule is CC(C)c1cc(C(C)C)c(-c2ccccc2P(C2CCCCC2)C2CCCCC2)c(C(C)C)c1.O=S(=O)([N-]S(=O)(=O)C(F)(F)F)C(F)(F)F.[Au+]. The monoisotopic (exact) mass is 953 g/mol. The van der Waals surface area contributed by atoms with Gasteiger partial charge in [0.05, 0.1) is 0 Å². The molecule has 2 fully saturated rings. The molecule has 2 saturated carbocycles. The van der Waals surface area contributed by atoms with Crippen LogP contribution in [0.15, 0.2) is 36.4 Å². The number of halogens is 6. The quantitative estimate of drug-likeness (QED) is 0.142. The molecule has 0 aliphatic heterocycles. The molecule has 50 heavy (non-hydrogen) atoms. The first-order valence-corrected chi connectivity index (χ1v) is 21.4. The van der Waals surface area contributed by atoms with Crippen molar-refractivity contribution in [1.82, 2.24) is 0 Å². The summed E-state index contributed by atoms with van der Waals surface area (Å²) in [5.74, 6) is 1.64. The number of hydrogen-bond acceptors (Lipinski definition) is 4. The number of rotatable bonds is 9. The van der Waals surface area contributed by atoms with Gasteiger partial charge in [-0.2, -0.15) is 26.3 Å². The summed E-state index contributed by atoms with van der Waals surface area (Å²) in [5.41, 5.74) is -2.70. The van der Waals surface area contributed by atoms with Crippen LogP contribution >= 0.6 is 7.92 Å². The average molecular weight is 954 g/mol. The van der Waals surface area contributed by atoms with Gasteiger partial charge in [0, 0.05) is 0 Å². The van der Waals surface area contributed by atoms with Crippen LogP contribution in [0.3, 0.4) is 0 Å². The smallest absolute Gasteiger partial charge is 0.421 e. The zero-order valence-corrected chi connectivity index (χ0v) is 34.0. The Labute approximate surface area is 311 Å². The van der Waals surface area contributed by atoms with Gasteiger partial charge in [-0.05, 0) is 87.9 Å². The number of hydrogen-bond donors (Lipinski definition) is 0. The molecule has 0 saturated heterocycles. The molecule has 0 amide bonds. The number of nitrogens with zero attached hydrogens (tertiary/aromatic N) is 1. The second-order valence-electron chi connectivity index (χ2n) is 14.0. The molecule has 0 radical (unpaired) electrons. The second-order valence-corrected chi connectivity index (χ2v) is 20.1. The third-order valence-electron chi connectivity index (χ3n) is 9.30. The van der Waals surface area contributed by atoms with Crippen molar-refractivity contribution in [1.29, 1.82) is 0 Å². The maximum Gasteiger partial charge on any atom is 1.00 e. The van der Waals surface area contributed by atoms with Gasteiger partial charge in [0.25, 0.3) is 0 Å². The fourth-order valence-electron chi connectivity index (χ4n) is 6.80. The van der Waals surface area contributed by atoms with Crippen LogP contribution in [0.5, 0.6) is 0 Å². The van der Waals surface area contributed by atoms with Crippen molar-refractivity contribution >= 4 is 33.3 Å². The van der Waals surface area contributed by atoms with Gasteiger partial charge < -0.3 is 4.13 Å². The van der Waals surface area contributed by atoms with Crippen LogP contribution in [0.1, 0.15) is 140 Å². The Morgan fingerprint density at radius 3 is 1.36 bits per heavy atom. The van der Waals surface area contributed by atoms with Gasteiger partial charge >= 0.3 is 33.4 Å². The van der Waals surface area contributed by atoms with Crippen LogP contribution in [0, 0.1) is 0 Å². The van der Waals surface area contributed by atoms with Crippen molar-refractivity contribution in [2.75, 3.05) is 0 Å². The minimum Gasteiger partial charge on any atom is -0.421 e. The van der Waals surface area contributed by atoms with E-state index in [1.54, 1.807) is 27.6 Å². The Morgan fingerprint density at radius 1 is 0.640 bits per heavy atom. The largest absolute Gasteiger partial charge is 1.00 e. The molecule has 288 valence electrons. The van der Waals surface area contributed by atoms with Gasteiger partial charge in [-0.25, -0.2) is 16.8 Å². The van der Waals surface area contributed by atoms with Crippen molar-refractivity contribution in [2.24, 2.45) is 0 Å². The standard InChI is InChI=1S/C33H49P.C2F6NO4S2.Au/c1-23(2)26-21-30(24(3)4)33(31(22-26)25(5)6)29-19-13-14-20-32(29)34(27-15-9-7-10-16-27)28-17-11-8-12-18-28;3-1(4,5)14(10,11)9-15(12,13)2(6,7)8;/h13-14,19-25,27-28H,7-12,15-18H2,1-6H3;;/q;-1;+1. The van der Waals surface area contributed by atoms with E-state index in [9.17, 15) is 43.2 Å². The van der Waals surface area contributed by atoms with Crippen molar-refractivity contribution in [3.05, 3.63) is 57.2 Å². The van der Waals surface area contributed by atoms with E-state index in [4.69, 9.17) is 0 Å². The predicted molar refractivity (Wildman–Crippen MR) is 188 cm³/mol. The van der Waals surface area contributed by atoms with Gasteiger partial charge in [0.1, 0.15) is 0 Å². The minimum absolute atomic E-state index is 0. The molecule has 0 atom stereocenters. The molecular formula is C35H49AuF6NO4PS2. The first-order valence-electron chi connectivity index (χ1n) is 17.0. The summed E-state index contributed by atoms with van der Waals surface area (Å²) in [4.78, 5) is 0. The van der Waals surface area contributed by atoms with Gasteiger partial charge in [0.2, 0.25) is 0 Å². The van der Waals surface area contributed by atoms with Crippen LogP contribution in [-0.2, 0) is 42.4 Å². The summed E-state index contributed by atoms with van der Waals surface area (Å²) in [5, 5.41) is 1.75. The molecule has 0 unspecified atom stereocenters. The summed E-state index contributed by atoms with van der Waals surface area (Å²) in [6, 6.07) is 14.8. The average Bonchev–Trinajstić information content (AvgIpc) is 3.00. The zero-order chi connectivity index (χ0) is 36.9. The van der Waals surface area contributed by atoms with E-state index < -0.39 is 31.1 Å². The first-order chi connectivity index (χ1) is 22.6. The van der Waals surface area contributed by atoms with E-state index in [-0.39, 0.29) is 30.3 Å². The third kappa shape index (κ3) is 11.3. The van der Waals surface area contributed by atoms with Crippen molar-refractivity contribution in [2.45, 2.75) is 146 Å². The Hall–Kier alpha value is -0.950. The molecule has 0 heterocycles. The Morgan fingerprint density at radius 2 is 1.02 bits per heavy atom. The molecule has 0 spiro atoms. The van der Waals surface area contributed by atoms with Gasteiger partial charge in [0.15, 0.2) is 20.0 Å². The summed E-state index contributed by atoms with van der Waals surface area (Å²) in [6.07, 6.45) is 14.6. The van der Waals surface area contributed by atoms with Gasteiger partial charge in [-0.3, -0.25) is 0 Å². The van der Waals surface area contributed by atoms with E-state index in [0.717, 1.165) is 15.4 Å². The molecule has 2 aromatic rings. The fraction of sp³-hybridized carbons (Fsp3) is 0.657. The minimum atomic E-state index is -6.72. The number of benzene rings is 2. The topological polar surface area (TPSA) is 82.4 Å². The maximum atomic E-state index is 11.4. The normalized spacial score (nSPS) is 17.2. The molecule has 0 aromatic heterocycles. The summed E-state index contributed by atoms with van der Waals surface area (Å²) < 4.78 is 109. The first kappa shape index (κ1) is 45.2. The van der Waals surface area contributed by atoms with E-state index in [1.165, 1.54) is 69.8 Å². The molecule has 5 nitrogen and oxygen atoms in total. The Bertz CT molecular complexity index is 1530. The number of sulfonamides is 2.